The molecule has 0 aliphatic carbocycles. The number of primary amides is 1. The molecule has 0 aromatic carbocycles. The lowest BCUT2D eigenvalue weighted by molar-refractivity contribution is 0.0999. The maximum atomic E-state index is 10.9. The van der Waals surface area contributed by atoms with Crippen molar-refractivity contribution in [1.29, 1.82) is 0 Å². The summed E-state index contributed by atoms with van der Waals surface area (Å²) in [6.07, 6.45) is 2.25. The zero-order valence-corrected chi connectivity index (χ0v) is 9.59. The van der Waals surface area contributed by atoms with Gasteiger partial charge in [0.15, 0.2) is 5.01 Å². The van der Waals surface area contributed by atoms with Crippen LogP contribution in [-0.2, 0) is 0 Å². The van der Waals surface area contributed by atoms with Crippen molar-refractivity contribution in [3.05, 3.63) is 16.1 Å². The molecule has 82 valence electrons. The van der Waals surface area contributed by atoms with Crippen LogP contribution in [0.4, 0.5) is 0 Å². The minimum atomic E-state index is -0.417. The summed E-state index contributed by atoms with van der Waals surface area (Å²) in [5.74, 6) is 0.0877. The predicted octanol–water partition coefficient (Wildman–Crippen LogP) is 1.05. The van der Waals surface area contributed by atoms with Crippen molar-refractivity contribution in [2.75, 3.05) is 20.1 Å². The van der Waals surface area contributed by atoms with Gasteiger partial charge in [0.2, 0.25) is 0 Å². The van der Waals surface area contributed by atoms with E-state index in [0.717, 1.165) is 31.6 Å². The van der Waals surface area contributed by atoms with Gasteiger partial charge in [0.25, 0.3) is 5.91 Å². The van der Waals surface area contributed by atoms with Crippen LogP contribution >= 0.6 is 11.3 Å². The second-order valence-corrected chi connectivity index (χ2v) is 4.88. The predicted molar refractivity (Wildman–Crippen MR) is 60.1 cm³/mol. The third-order valence-corrected chi connectivity index (χ3v) is 3.74. The first-order valence-corrected chi connectivity index (χ1v) is 5.98. The zero-order chi connectivity index (χ0) is 10.8. The van der Waals surface area contributed by atoms with Crippen molar-refractivity contribution in [2.24, 2.45) is 5.73 Å². The molecule has 0 bridgehead atoms. The van der Waals surface area contributed by atoms with Gasteiger partial charge in [-0.3, -0.25) is 4.79 Å². The Kier molecular flexibility index (Phi) is 3.02. The molecule has 1 aliphatic heterocycles. The minimum absolute atomic E-state index is 0.417. The minimum Gasteiger partial charge on any atom is -0.364 e. The number of aromatic nitrogens is 1. The summed E-state index contributed by atoms with van der Waals surface area (Å²) in [5.41, 5.74) is 6.22. The molecule has 15 heavy (non-hydrogen) atoms. The van der Waals surface area contributed by atoms with Crippen LogP contribution in [0.15, 0.2) is 5.38 Å². The van der Waals surface area contributed by atoms with E-state index in [9.17, 15) is 4.79 Å². The van der Waals surface area contributed by atoms with Crippen molar-refractivity contribution in [1.82, 2.24) is 9.88 Å². The monoisotopic (exact) mass is 225 g/mol. The Morgan fingerprint density at radius 1 is 1.60 bits per heavy atom. The van der Waals surface area contributed by atoms with E-state index in [4.69, 9.17) is 5.73 Å². The maximum absolute atomic E-state index is 10.9. The van der Waals surface area contributed by atoms with Gasteiger partial charge in [0.05, 0.1) is 5.69 Å². The first-order valence-electron chi connectivity index (χ1n) is 5.10. The summed E-state index contributed by atoms with van der Waals surface area (Å²) in [4.78, 5) is 17.5. The lowest BCUT2D eigenvalue weighted by Crippen LogP contribution is -2.29. The summed E-state index contributed by atoms with van der Waals surface area (Å²) in [7, 11) is 2.13. The lowest BCUT2D eigenvalue weighted by Gasteiger charge is -2.27. The number of carbonyl (C=O) groups is 1. The molecule has 1 saturated heterocycles. The maximum Gasteiger partial charge on any atom is 0.277 e. The third-order valence-electron chi connectivity index (χ3n) is 2.87. The Labute approximate surface area is 93.1 Å². The first-order chi connectivity index (χ1) is 7.16. The van der Waals surface area contributed by atoms with Crippen molar-refractivity contribution in [3.8, 4) is 0 Å². The normalized spacial score (nSPS) is 19.3. The van der Waals surface area contributed by atoms with Crippen molar-refractivity contribution >= 4 is 17.2 Å². The van der Waals surface area contributed by atoms with Gasteiger partial charge in [-0.05, 0) is 33.0 Å². The fourth-order valence-corrected chi connectivity index (χ4v) is 2.64. The number of hydrogen-bond acceptors (Lipinski definition) is 4. The molecule has 1 amide bonds. The van der Waals surface area contributed by atoms with Gasteiger partial charge in [0.1, 0.15) is 0 Å². The summed E-state index contributed by atoms with van der Waals surface area (Å²) in [6.45, 7) is 2.21. The van der Waals surface area contributed by atoms with E-state index in [1.54, 1.807) is 0 Å². The molecule has 2 N–H and O–H groups in total. The van der Waals surface area contributed by atoms with Gasteiger partial charge in [-0.15, -0.1) is 11.3 Å². The van der Waals surface area contributed by atoms with Crippen molar-refractivity contribution in [2.45, 2.75) is 18.8 Å². The van der Waals surface area contributed by atoms with Crippen LogP contribution < -0.4 is 5.73 Å². The Balaban J connectivity index is 2.06. The number of piperidine rings is 1. The summed E-state index contributed by atoms with van der Waals surface area (Å²) in [5, 5.41) is 2.40. The highest BCUT2D eigenvalue weighted by Gasteiger charge is 2.21. The third kappa shape index (κ3) is 2.35. The van der Waals surface area contributed by atoms with Gasteiger partial charge in [0, 0.05) is 11.3 Å². The summed E-state index contributed by atoms with van der Waals surface area (Å²) < 4.78 is 0. The molecule has 1 aliphatic rings. The molecule has 0 spiro atoms. The van der Waals surface area contributed by atoms with E-state index in [0.29, 0.717) is 10.9 Å². The van der Waals surface area contributed by atoms with E-state index in [-0.39, 0.29) is 0 Å². The first kappa shape index (κ1) is 10.6. The van der Waals surface area contributed by atoms with E-state index in [1.807, 2.05) is 5.38 Å². The van der Waals surface area contributed by atoms with Crippen LogP contribution in [0.5, 0.6) is 0 Å². The number of carbonyl (C=O) groups excluding carboxylic acids is 1. The number of rotatable bonds is 2. The smallest absolute Gasteiger partial charge is 0.277 e. The Morgan fingerprint density at radius 2 is 2.27 bits per heavy atom. The number of nitrogens with zero attached hydrogens (tertiary/aromatic N) is 2. The molecule has 1 aromatic rings. The number of amides is 1. The second kappa shape index (κ2) is 4.28. The SMILES string of the molecule is CN1CCC(c2csc(C(N)=O)n2)CC1. The fraction of sp³-hybridized carbons (Fsp3) is 0.600. The molecule has 2 rings (SSSR count). The van der Waals surface area contributed by atoms with Gasteiger partial charge in [-0.25, -0.2) is 4.98 Å². The molecular formula is C10H15N3OS. The van der Waals surface area contributed by atoms with Crippen LogP contribution in [0.1, 0.15) is 34.3 Å². The van der Waals surface area contributed by atoms with Crippen LogP contribution in [0.3, 0.4) is 0 Å². The Bertz CT molecular complexity index is 355. The molecule has 4 nitrogen and oxygen atoms in total. The van der Waals surface area contributed by atoms with Crippen LogP contribution in [0, 0.1) is 0 Å². The molecule has 0 radical (unpaired) electrons. The topological polar surface area (TPSA) is 59.2 Å². The standard InChI is InChI=1S/C10H15N3OS/c1-13-4-2-7(3-5-13)8-6-15-10(12-8)9(11)14/h6-7H,2-5H2,1H3,(H2,11,14). The highest BCUT2D eigenvalue weighted by atomic mass is 32.1. The van der Waals surface area contributed by atoms with E-state index >= 15 is 0 Å². The number of thiazole rings is 1. The Morgan fingerprint density at radius 3 is 2.80 bits per heavy atom. The summed E-state index contributed by atoms with van der Waals surface area (Å²) in [6, 6.07) is 0. The van der Waals surface area contributed by atoms with Gasteiger partial charge in [-0.2, -0.15) is 0 Å². The van der Waals surface area contributed by atoms with Crippen LogP contribution in [-0.4, -0.2) is 35.9 Å². The molecule has 1 aromatic heterocycles. The van der Waals surface area contributed by atoms with E-state index in [2.05, 4.69) is 16.9 Å². The van der Waals surface area contributed by atoms with Gasteiger partial charge < -0.3 is 10.6 Å². The van der Waals surface area contributed by atoms with Gasteiger partial charge >= 0.3 is 0 Å². The van der Waals surface area contributed by atoms with Crippen molar-refractivity contribution in [3.63, 3.8) is 0 Å². The average Bonchev–Trinajstić information content (AvgIpc) is 2.68. The molecular weight excluding hydrogens is 210 g/mol. The van der Waals surface area contributed by atoms with Crippen LogP contribution in [0.25, 0.3) is 0 Å². The number of likely N-dealkylation sites (tertiary alicyclic amines) is 1. The van der Waals surface area contributed by atoms with Crippen LogP contribution in [0.2, 0.25) is 0 Å². The van der Waals surface area contributed by atoms with E-state index < -0.39 is 5.91 Å². The molecule has 5 heteroatoms. The molecule has 2 heterocycles. The number of nitrogens with two attached hydrogens (primary N) is 1. The average molecular weight is 225 g/mol. The quantitative estimate of drug-likeness (QED) is 0.818. The lowest BCUT2D eigenvalue weighted by atomic mass is 9.95. The fourth-order valence-electron chi connectivity index (χ4n) is 1.89. The largest absolute Gasteiger partial charge is 0.364 e. The molecule has 0 unspecified atom stereocenters. The molecule has 0 atom stereocenters. The highest BCUT2D eigenvalue weighted by molar-refractivity contribution is 7.11. The van der Waals surface area contributed by atoms with E-state index in [1.165, 1.54) is 11.3 Å². The summed E-state index contributed by atoms with van der Waals surface area (Å²) >= 11 is 1.35. The molecule has 0 saturated carbocycles. The number of hydrogen-bond donors (Lipinski definition) is 1. The van der Waals surface area contributed by atoms with Crippen molar-refractivity contribution < 1.29 is 4.79 Å². The van der Waals surface area contributed by atoms with Gasteiger partial charge in [-0.1, -0.05) is 0 Å². The molecule has 1 fully saturated rings. The second-order valence-electron chi connectivity index (χ2n) is 4.02. The Hall–Kier alpha value is -0.940. The highest BCUT2D eigenvalue weighted by Crippen LogP contribution is 2.28. The zero-order valence-electron chi connectivity index (χ0n) is 8.77.